The van der Waals surface area contributed by atoms with E-state index >= 15 is 0 Å². The van der Waals surface area contributed by atoms with Gasteiger partial charge in [0.25, 0.3) is 0 Å². The molecule has 27 heavy (non-hydrogen) atoms. The zero-order chi connectivity index (χ0) is 18.2. The van der Waals surface area contributed by atoms with Crippen LogP contribution >= 0.6 is 0 Å². The minimum Gasteiger partial charge on any atom is -0.481 e. The van der Waals surface area contributed by atoms with E-state index in [2.05, 4.69) is 39.7 Å². The number of methoxy groups -OCH3 is 1. The Bertz CT molecular complexity index is 932. The van der Waals surface area contributed by atoms with Crippen LogP contribution in [0.3, 0.4) is 0 Å². The number of rotatable bonds is 5. The summed E-state index contributed by atoms with van der Waals surface area (Å²) in [5.41, 5.74) is 1.63. The molecule has 4 heterocycles. The number of aromatic amines is 1. The monoisotopic (exact) mass is 366 g/mol. The van der Waals surface area contributed by atoms with Crippen LogP contribution in [0.2, 0.25) is 0 Å². The predicted octanol–water partition coefficient (Wildman–Crippen LogP) is 1.79. The Morgan fingerprint density at radius 1 is 1.00 bits per heavy atom. The molecule has 140 valence electrons. The van der Waals surface area contributed by atoms with E-state index in [4.69, 9.17) is 4.74 Å². The van der Waals surface area contributed by atoms with Gasteiger partial charge in [-0.2, -0.15) is 0 Å². The second-order valence-corrected chi connectivity index (χ2v) is 7.07. The van der Waals surface area contributed by atoms with Crippen LogP contribution in [-0.4, -0.2) is 62.2 Å². The number of aromatic nitrogens is 6. The third-order valence-electron chi connectivity index (χ3n) is 5.40. The van der Waals surface area contributed by atoms with Crippen LogP contribution in [0.5, 0.6) is 5.88 Å². The molecule has 1 N–H and O–H groups in total. The van der Waals surface area contributed by atoms with Gasteiger partial charge in [-0.15, -0.1) is 0 Å². The van der Waals surface area contributed by atoms with Crippen LogP contribution in [-0.2, 0) is 0 Å². The summed E-state index contributed by atoms with van der Waals surface area (Å²) in [6, 6.07) is 3.00. The lowest BCUT2D eigenvalue weighted by Crippen LogP contribution is -2.46. The fraction of sp³-hybridized carbons (Fsp3) is 0.500. The van der Waals surface area contributed by atoms with E-state index in [1.54, 1.807) is 26.1 Å². The normalized spacial score (nSPS) is 18.0. The van der Waals surface area contributed by atoms with Gasteiger partial charge in [0.1, 0.15) is 24.0 Å². The summed E-state index contributed by atoms with van der Waals surface area (Å²) < 4.78 is 5.29. The SMILES string of the molecule is COc1cc(N(C2CC2)C2CCN(c3ncnc4nc[nH]c34)CC2)ncn1. The molecule has 3 aromatic rings. The molecule has 0 unspecified atom stereocenters. The standard InChI is InChI=1S/C18H22N8O/c1-27-15-8-14(19-9-20-15)26(12-2-3-12)13-4-6-25(7-5-13)18-16-17(22-10-21-16)23-11-24-18/h8-13H,2-7H2,1H3,(H,21,22,23,24). The number of imidazole rings is 1. The number of anilines is 2. The molecule has 0 spiro atoms. The average Bonchev–Trinajstić information content (AvgIpc) is 3.43. The molecular formula is C18H22N8O. The van der Waals surface area contributed by atoms with Gasteiger partial charge < -0.3 is 19.5 Å². The number of nitrogens with zero attached hydrogens (tertiary/aromatic N) is 7. The molecule has 2 aliphatic rings. The summed E-state index contributed by atoms with van der Waals surface area (Å²) in [4.78, 5) is 29.6. The Morgan fingerprint density at radius 3 is 2.56 bits per heavy atom. The third-order valence-corrected chi connectivity index (χ3v) is 5.40. The topological polar surface area (TPSA) is 96.0 Å². The van der Waals surface area contributed by atoms with Gasteiger partial charge in [-0.3, -0.25) is 0 Å². The Kier molecular flexibility index (Phi) is 3.99. The summed E-state index contributed by atoms with van der Waals surface area (Å²) in [5.74, 6) is 2.53. The summed E-state index contributed by atoms with van der Waals surface area (Å²) >= 11 is 0. The maximum absolute atomic E-state index is 5.29. The van der Waals surface area contributed by atoms with Crippen molar-refractivity contribution in [3.05, 3.63) is 25.0 Å². The number of fused-ring (bicyclic) bond motifs is 1. The third kappa shape index (κ3) is 3.02. The van der Waals surface area contributed by atoms with E-state index in [1.807, 2.05) is 6.07 Å². The molecule has 0 aromatic carbocycles. The van der Waals surface area contributed by atoms with Crippen molar-refractivity contribution in [2.24, 2.45) is 0 Å². The second-order valence-electron chi connectivity index (χ2n) is 7.07. The minimum absolute atomic E-state index is 0.465. The van der Waals surface area contributed by atoms with Crippen molar-refractivity contribution in [3.63, 3.8) is 0 Å². The van der Waals surface area contributed by atoms with Crippen molar-refractivity contribution < 1.29 is 4.74 Å². The fourth-order valence-electron chi connectivity index (χ4n) is 3.96. The Hall–Kier alpha value is -2.97. The quantitative estimate of drug-likeness (QED) is 0.730. The highest BCUT2D eigenvalue weighted by atomic mass is 16.5. The first-order valence-electron chi connectivity index (χ1n) is 9.37. The molecule has 5 rings (SSSR count). The Morgan fingerprint density at radius 2 is 1.78 bits per heavy atom. The van der Waals surface area contributed by atoms with Crippen LogP contribution in [0.1, 0.15) is 25.7 Å². The first kappa shape index (κ1) is 16.2. The largest absolute Gasteiger partial charge is 0.481 e. The minimum atomic E-state index is 0.465. The highest BCUT2D eigenvalue weighted by Gasteiger charge is 2.37. The molecule has 2 fully saturated rings. The number of hydrogen-bond acceptors (Lipinski definition) is 8. The molecule has 1 saturated heterocycles. The van der Waals surface area contributed by atoms with Crippen LogP contribution in [0.15, 0.2) is 25.0 Å². The van der Waals surface area contributed by atoms with Gasteiger partial charge in [0, 0.05) is 31.2 Å². The van der Waals surface area contributed by atoms with Crippen molar-refractivity contribution in [2.45, 2.75) is 37.8 Å². The number of piperidine rings is 1. The van der Waals surface area contributed by atoms with Crippen molar-refractivity contribution in [3.8, 4) is 5.88 Å². The van der Waals surface area contributed by atoms with Crippen LogP contribution in [0.4, 0.5) is 11.6 Å². The van der Waals surface area contributed by atoms with Crippen molar-refractivity contribution in [2.75, 3.05) is 30.0 Å². The van der Waals surface area contributed by atoms with Gasteiger partial charge in [0.05, 0.1) is 13.4 Å². The smallest absolute Gasteiger partial charge is 0.218 e. The second kappa shape index (κ2) is 6.64. The lowest BCUT2D eigenvalue weighted by molar-refractivity contribution is 0.395. The molecular weight excluding hydrogens is 344 g/mol. The number of ether oxygens (including phenoxy) is 1. The summed E-state index contributed by atoms with van der Waals surface area (Å²) in [6.45, 7) is 1.89. The molecule has 3 aromatic heterocycles. The van der Waals surface area contributed by atoms with Crippen molar-refractivity contribution in [1.82, 2.24) is 29.9 Å². The van der Waals surface area contributed by atoms with Crippen LogP contribution in [0.25, 0.3) is 11.2 Å². The zero-order valence-electron chi connectivity index (χ0n) is 15.2. The first-order valence-corrected chi connectivity index (χ1v) is 9.37. The van der Waals surface area contributed by atoms with Gasteiger partial charge in [-0.1, -0.05) is 0 Å². The number of nitrogens with one attached hydrogen (secondary N) is 1. The fourth-order valence-corrected chi connectivity index (χ4v) is 3.96. The maximum atomic E-state index is 5.29. The summed E-state index contributed by atoms with van der Waals surface area (Å²) in [5, 5.41) is 0. The van der Waals surface area contributed by atoms with Crippen molar-refractivity contribution >= 4 is 22.8 Å². The molecule has 1 aliphatic carbocycles. The predicted molar refractivity (Wildman–Crippen MR) is 101 cm³/mol. The summed E-state index contributed by atoms with van der Waals surface area (Å²) in [6.07, 6.45) is 9.43. The molecule has 0 bridgehead atoms. The molecule has 0 amide bonds. The molecule has 1 aliphatic heterocycles. The lowest BCUT2D eigenvalue weighted by atomic mass is 10.0. The Labute approximate surface area is 156 Å². The Balaban J connectivity index is 1.35. The maximum Gasteiger partial charge on any atom is 0.218 e. The molecule has 0 radical (unpaired) electrons. The van der Waals surface area contributed by atoms with Crippen LogP contribution < -0.4 is 14.5 Å². The average molecular weight is 366 g/mol. The van der Waals surface area contributed by atoms with Gasteiger partial charge in [-0.25, -0.2) is 24.9 Å². The van der Waals surface area contributed by atoms with Crippen molar-refractivity contribution in [1.29, 1.82) is 0 Å². The van der Waals surface area contributed by atoms with E-state index in [1.165, 1.54) is 12.8 Å². The van der Waals surface area contributed by atoms with E-state index < -0.39 is 0 Å². The zero-order valence-corrected chi connectivity index (χ0v) is 15.2. The number of hydrogen-bond donors (Lipinski definition) is 1. The van der Waals surface area contributed by atoms with E-state index in [0.29, 0.717) is 18.0 Å². The number of H-pyrrole nitrogens is 1. The molecule has 1 saturated carbocycles. The highest BCUT2D eigenvalue weighted by molar-refractivity contribution is 5.82. The molecule has 9 heteroatoms. The van der Waals surface area contributed by atoms with E-state index in [-0.39, 0.29) is 0 Å². The lowest BCUT2D eigenvalue weighted by Gasteiger charge is -2.39. The van der Waals surface area contributed by atoms with Gasteiger partial charge in [0.2, 0.25) is 5.88 Å². The van der Waals surface area contributed by atoms with Gasteiger partial charge in [-0.05, 0) is 25.7 Å². The highest BCUT2D eigenvalue weighted by Crippen LogP contribution is 2.36. The van der Waals surface area contributed by atoms with Crippen LogP contribution in [0, 0.1) is 0 Å². The molecule has 0 atom stereocenters. The summed E-state index contributed by atoms with van der Waals surface area (Å²) in [7, 11) is 1.64. The first-order chi connectivity index (χ1) is 13.3. The van der Waals surface area contributed by atoms with Gasteiger partial charge >= 0.3 is 0 Å². The van der Waals surface area contributed by atoms with E-state index in [0.717, 1.165) is 48.7 Å². The van der Waals surface area contributed by atoms with E-state index in [9.17, 15) is 0 Å². The molecule has 9 nitrogen and oxygen atoms in total. The van der Waals surface area contributed by atoms with Gasteiger partial charge in [0.15, 0.2) is 11.5 Å².